The number of piperidine rings is 2. The molecule has 0 radical (unpaired) electrons. The SMILES string of the molecule is Cc1ccn(-c2cc(C3CCN(CS(=O)[O-])CC3)ccc2[C@@H](Oc2cc(N3CCC4(CC3)CNC(C(=O)O)C4)nc(N)n2)C(F)(F)F)n1. The second kappa shape index (κ2) is 13.6. The fourth-order valence-electron chi connectivity index (χ4n) is 7.09. The number of anilines is 2. The van der Waals surface area contributed by atoms with Crippen molar-refractivity contribution in [2.24, 2.45) is 5.41 Å². The smallest absolute Gasteiger partial charge is 0.429 e. The van der Waals surface area contributed by atoms with Crippen molar-refractivity contribution in [1.82, 2.24) is 30.0 Å². The van der Waals surface area contributed by atoms with Gasteiger partial charge in [-0.3, -0.25) is 13.9 Å². The first-order valence-corrected chi connectivity index (χ1v) is 17.1. The second-order valence-electron chi connectivity index (χ2n) is 13.0. The van der Waals surface area contributed by atoms with Gasteiger partial charge in [0.1, 0.15) is 11.9 Å². The molecule has 3 saturated heterocycles. The molecule has 260 valence electrons. The van der Waals surface area contributed by atoms with Crippen molar-refractivity contribution in [1.29, 1.82) is 0 Å². The molecule has 0 aliphatic carbocycles. The lowest BCUT2D eigenvalue weighted by Gasteiger charge is -2.39. The molecular weight excluding hydrogens is 653 g/mol. The van der Waals surface area contributed by atoms with Gasteiger partial charge < -0.3 is 30.3 Å². The van der Waals surface area contributed by atoms with Gasteiger partial charge in [0.2, 0.25) is 17.9 Å². The molecule has 1 aromatic carbocycles. The van der Waals surface area contributed by atoms with Gasteiger partial charge in [0.15, 0.2) is 0 Å². The van der Waals surface area contributed by atoms with Gasteiger partial charge in [-0.25, -0.2) is 4.68 Å². The van der Waals surface area contributed by atoms with E-state index in [-0.39, 0.29) is 40.3 Å². The van der Waals surface area contributed by atoms with E-state index in [0.717, 1.165) is 5.56 Å². The topological polar surface area (TPSA) is 175 Å². The maximum Gasteiger partial charge on any atom is 0.429 e. The number of aliphatic carboxylic acids is 1. The van der Waals surface area contributed by atoms with Gasteiger partial charge >= 0.3 is 12.1 Å². The maximum atomic E-state index is 14.9. The molecule has 0 bridgehead atoms. The van der Waals surface area contributed by atoms with E-state index in [4.69, 9.17) is 10.5 Å². The Morgan fingerprint density at radius 1 is 1.19 bits per heavy atom. The molecule has 3 aromatic rings. The summed E-state index contributed by atoms with van der Waals surface area (Å²) in [6.07, 6.45) is -2.45. The van der Waals surface area contributed by atoms with Gasteiger partial charge in [-0.2, -0.15) is 28.2 Å². The van der Waals surface area contributed by atoms with E-state index in [2.05, 4.69) is 20.4 Å². The summed E-state index contributed by atoms with van der Waals surface area (Å²) in [5, 5.41) is 16.9. The number of nitrogens with zero attached hydrogens (tertiary/aromatic N) is 6. The number of nitrogen functional groups attached to an aromatic ring is 1. The number of nitrogens with one attached hydrogen (secondary N) is 1. The number of carbonyl (C=O) groups is 1. The summed E-state index contributed by atoms with van der Waals surface area (Å²) in [4.78, 5) is 23.5. The molecule has 3 aliphatic rings. The van der Waals surface area contributed by atoms with Crippen LogP contribution in [0.1, 0.15) is 60.9 Å². The van der Waals surface area contributed by atoms with Gasteiger partial charge in [0.25, 0.3) is 0 Å². The Morgan fingerprint density at radius 3 is 2.52 bits per heavy atom. The zero-order valence-electron chi connectivity index (χ0n) is 26.4. The van der Waals surface area contributed by atoms with Gasteiger partial charge in [-0.15, -0.1) is 0 Å². The average molecular weight is 692 g/mol. The molecule has 0 saturated carbocycles. The number of ether oxygens (including phenoxy) is 1. The summed E-state index contributed by atoms with van der Waals surface area (Å²) >= 11 is -2.18. The molecule has 1 spiro atoms. The number of halogens is 3. The fraction of sp³-hybridized carbons (Fsp3) is 0.548. The van der Waals surface area contributed by atoms with Crippen molar-refractivity contribution >= 4 is 28.8 Å². The molecule has 3 aliphatic heterocycles. The highest BCUT2D eigenvalue weighted by atomic mass is 32.2. The number of aryl methyl sites for hydroxylation is 1. The molecule has 13 nitrogen and oxygen atoms in total. The number of nitrogens with two attached hydrogens (primary N) is 1. The van der Waals surface area contributed by atoms with Crippen molar-refractivity contribution in [2.45, 2.75) is 63.3 Å². The van der Waals surface area contributed by atoms with E-state index < -0.39 is 35.4 Å². The Kier molecular flexibility index (Phi) is 9.66. The quantitative estimate of drug-likeness (QED) is 0.280. The zero-order valence-corrected chi connectivity index (χ0v) is 27.2. The predicted molar refractivity (Wildman–Crippen MR) is 169 cm³/mol. The molecule has 5 heterocycles. The van der Waals surface area contributed by atoms with E-state index in [9.17, 15) is 31.8 Å². The van der Waals surface area contributed by atoms with Crippen molar-refractivity contribution in [3.05, 3.63) is 53.3 Å². The van der Waals surface area contributed by atoms with Crippen LogP contribution in [0.15, 0.2) is 36.5 Å². The van der Waals surface area contributed by atoms with Gasteiger partial charge in [0, 0.05) is 37.5 Å². The van der Waals surface area contributed by atoms with Crippen LogP contribution >= 0.6 is 0 Å². The highest BCUT2D eigenvalue weighted by Crippen LogP contribution is 2.43. The summed E-state index contributed by atoms with van der Waals surface area (Å²) in [6.45, 7) is 4.48. The summed E-state index contributed by atoms with van der Waals surface area (Å²) in [7, 11) is 0. The summed E-state index contributed by atoms with van der Waals surface area (Å²) < 4.78 is 73.9. The van der Waals surface area contributed by atoms with E-state index in [1.807, 2.05) is 9.80 Å². The van der Waals surface area contributed by atoms with Crippen LogP contribution in [0.4, 0.5) is 24.9 Å². The van der Waals surface area contributed by atoms with Crippen molar-refractivity contribution in [3.8, 4) is 11.6 Å². The zero-order chi connectivity index (χ0) is 34.2. The molecule has 3 atom stereocenters. The van der Waals surface area contributed by atoms with Crippen LogP contribution in [0.2, 0.25) is 0 Å². The highest BCUT2D eigenvalue weighted by molar-refractivity contribution is 7.79. The monoisotopic (exact) mass is 691 g/mol. The van der Waals surface area contributed by atoms with Gasteiger partial charge in [-0.05, 0) is 92.2 Å². The molecular formula is C31H38F3N8O5S-. The average Bonchev–Trinajstić information content (AvgIpc) is 3.66. The summed E-state index contributed by atoms with van der Waals surface area (Å²) in [5.41, 5.74) is 7.32. The minimum Gasteiger partial charge on any atom is -0.771 e. The molecule has 0 amide bonds. The number of carboxylic acid groups (broad SMARTS) is 1. The lowest BCUT2D eigenvalue weighted by Crippen LogP contribution is -2.41. The van der Waals surface area contributed by atoms with Crippen LogP contribution in [0.25, 0.3) is 5.69 Å². The molecule has 2 unspecified atom stereocenters. The van der Waals surface area contributed by atoms with E-state index in [1.54, 1.807) is 31.3 Å². The standard InChI is InChI=1S/C31H39F3N8O5S/c1-19-4-11-42(39-19)24-14-21(20-5-9-40(10-6-20)18-48(45)46)2-3-22(24)27(31(32,33)34)47-26-15-25(37-29(35)38-26)41-12-7-30(8-13-41)16-23(28(43)44)36-17-30/h2-4,11,14-15,20,23,27,36H,5-10,12-13,16-18H2,1H3,(H,43,44)(H,45,46)(H2,35,37,38)/p-1/t23?,27-/m1/s1. The lowest BCUT2D eigenvalue weighted by atomic mass is 9.76. The third kappa shape index (κ3) is 7.58. The minimum atomic E-state index is -4.84. The van der Waals surface area contributed by atoms with Crippen LogP contribution in [-0.4, -0.2) is 95.3 Å². The van der Waals surface area contributed by atoms with E-state index >= 15 is 0 Å². The Hall–Kier alpha value is -3.80. The van der Waals surface area contributed by atoms with Crippen LogP contribution in [-0.2, 0) is 15.9 Å². The Balaban J connectivity index is 1.25. The normalized spacial score (nSPS) is 21.8. The number of likely N-dealkylation sites (tertiary alicyclic amines) is 1. The molecule has 2 aromatic heterocycles. The third-order valence-corrected chi connectivity index (χ3v) is 10.3. The first-order chi connectivity index (χ1) is 22.8. The molecule has 6 rings (SSSR count). The number of rotatable bonds is 9. The number of hydrogen-bond acceptors (Lipinski definition) is 11. The fourth-order valence-corrected chi connectivity index (χ4v) is 7.65. The highest BCUT2D eigenvalue weighted by Gasteiger charge is 2.46. The Bertz CT molecular complexity index is 1660. The first kappa shape index (κ1) is 34.1. The number of aromatic nitrogens is 4. The van der Waals surface area contributed by atoms with Crippen LogP contribution in [0, 0.1) is 12.3 Å². The van der Waals surface area contributed by atoms with Crippen LogP contribution < -0.4 is 20.7 Å². The number of benzene rings is 1. The first-order valence-electron chi connectivity index (χ1n) is 15.8. The summed E-state index contributed by atoms with van der Waals surface area (Å²) in [6, 6.07) is 7.24. The third-order valence-electron chi connectivity index (χ3n) is 9.70. The van der Waals surface area contributed by atoms with E-state index in [1.165, 1.54) is 16.8 Å². The van der Waals surface area contributed by atoms with Crippen molar-refractivity contribution < 1.29 is 36.6 Å². The van der Waals surface area contributed by atoms with Crippen molar-refractivity contribution in [2.75, 3.05) is 49.2 Å². The summed E-state index contributed by atoms with van der Waals surface area (Å²) in [5.74, 6) is -1.13. The predicted octanol–water partition coefficient (Wildman–Crippen LogP) is 3.28. The lowest BCUT2D eigenvalue weighted by molar-refractivity contribution is -0.198. The second-order valence-corrected chi connectivity index (χ2v) is 13.8. The Morgan fingerprint density at radius 2 is 1.92 bits per heavy atom. The molecule has 4 N–H and O–H groups in total. The largest absolute Gasteiger partial charge is 0.771 e. The maximum absolute atomic E-state index is 14.9. The number of alkyl halides is 3. The number of hydrogen-bond donors (Lipinski definition) is 3. The van der Waals surface area contributed by atoms with Gasteiger partial charge in [-0.1, -0.05) is 12.1 Å². The van der Waals surface area contributed by atoms with Gasteiger partial charge in [0.05, 0.1) is 17.3 Å². The minimum absolute atomic E-state index is 0.0268. The van der Waals surface area contributed by atoms with Crippen LogP contribution in [0.5, 0.6) is 5.88 Å². The molecule has 48 heavy (non-hydrogen) atoms. The Labute approximate surface area is 277 Å². The van der Waals surface area contributed by atoms with E-state index in [0.29, 0.717) is 76.3 Å². The molecule has 3 fully saturated rings. The van der Waals surface area contributed by atoms with Crippen molar-refractivity contribution in [3.63, 3.8) is 0 Å². The number of carboxylic acids is 1. The molecule has 17 heteroatoms. The van der Waals surface area contributed by atoms with Crippen LogP contribution in [0.3, 0.4) is 0 Å².